The molecule has 1 saturated heterocycles. The second-order valence-corrected chi connectivity index (χ2v) is 6.15. The van der Waals surface area contributed by atoms with E-state index in [4.69, 9.17) is 4.18 Å². The van der Waals surface area contributed by atoms with Gasteiger partial charge in [-0.3, -0.25) is 4.18 Å². The minimum absolute atomic E-state index is 0.00434. The molecule has 0 amide bonds. The van der Waals surface area contributed by atoms with Crippen molar-refractivity contribution in [2.24, 2.45) is 5.92 Å². The van der Waals surface area contributed by atoms with Crippen molar-refractivity contribution in [3.63, 3.8) is 0 Å². The zero-order valence-corrected chi connectivity index (χ0v) is 11.0. The molecule has 18 heavy (non-hydrogen) atoms. The highest BCUT2D eigenvalue weighted by Gasteiger charge is 2.27. The summed E-state index contributed by atoms with van der Waals surface area (Å²) in [6.45, 7) is 2.95. The molecule has 1 heterocycles. The molecule has 2 atom stereocenters. The lowest BCUT2D eigenvalue weighted by Crippen LogP contribution is -2.24. The van der Waals surface area contributed by atoms with E-state index < -0.39 is 16.2 Å². The summed E-state index contributed by atoms with van der Waals surface area (Å²) < 4.78 is 28.7. The summed E-state index contributed by atoms with van der Waals surface area (Å²) in [6.07, 6.45) is -0.543. The van der Waals surface area contributed by atoms with Gasteiger partial charge < -0.3 is 10.4 Å². The van der Waals surface area contributed by atoms with Crippen LogP contribution < -0.4 is 5.32 Å². The fourth-order valence-electron chi connectivity index (χ4n) is 1.84. The van der Waals surface area contributed by atoms with Crippen molar-refractivity contribution in [1.29, 1.82) is 0 Å². The number of rotatable bonds is 4. The lowest BCUT2D eigenvalue weighted by molar-refractivity contribution is 0.114. The van der Waals surface area contributed by atoms with Crippen LogP contribution in [0.1, 0.15) is 5.56 Å². The van der Waals surface area contributed by atoms with Gasteiger partial charge >= 0.3 is 0 Å². The van der Waals surface area contributed by atoms with Crippen LogP contribution in [0, 0.1) is 12.8 Å². The minimum atomic E-state index is -3.73. The van der Waals surface area contributed by atoms with Gasteiger partial charge in [-0.15, -0.1) is 0 Å². The third kappa shape index (κ3) is 3.08. The van der Waals surface area contributed by atoms with Gasteiger partial charge in [-0.25, -0.2) is 0 Å². The molecule has 0 spiro atoms. The lowest BCUT2D eigenvalue weighted by Gasteiger charge is -2.13. The van der Waals surface area contributed by atoms with Gasteiger partial charge in [0.15, 0.2) is 0 Å². The fourth-order valence-corrected chi connectivity index (χ4v) is 2.80. The molecule has 0 bridgehead atoms. The van der Waals surface area contributed by atoms with Crippen molar-refractivity contribution in [2.75, 3.05) is 19.7 Å². The Hall–Kier alpha value is -0.950. The number of β-amino-alcohol motifs (C(OH)–C–C–N with tert-alkyl or cyclic N) is 1. The van der Waals surface area contributed by atoms with Gasteiger partial charge in [-0.2, -0.15) is 8.42 Å². The largest absolute Gasteiger partial charge is 0.391 e. The maximum absolute atomic E-state index is 11.9. The van der Waals surface area contributed by atoms with Crippen molar-refractivity contribution in [3.05, 3.63) is 29.8 Å². The third-order valence-corrected chi connectivity index (χ3v) is 4.35. The monoisotopic (exact) mass is 271 g/mol. The highest BCUT2D eigenvalue weighted by molar-refractivity contribution is 7.86. The van der Waals surface area contributed by atoms with E-state index in [9.17, 15) is 13.5 Å². The standard InChI is InChI=1S/C12H17NO4S/c1-9-2-4-11(5-3-9)18(15,16)17-8-10-6-13-7-12(10)14/h2-5,10,12-14H,6-8H2,1H3/t10-,12+/m1/s1. The molecule has 2 rings (SSSR count). The van der Waals surface area contributed by atoms with Crippen molar-refractivity contribution in [2.45, 2.75) is 17.9 Å². The predicted molar refractivity (Wildman–Crippen MR) is 66.7 cm³/mol. The first-order valence-electron chi connectivity index (χ1n) is 5.84. The highest BCUT2D eigenvalue weighted by Crippen LogP contribution is 2.16. The van der Waals surface area contributed by atoms with E-state index >= 15 is 0 Å². The maximum atomic E-state index is 11.9. The van der Waals surface area contributed by atoms with Crippen LogP contribution in [-0.2, 0) is 14.3 Å². The van der Waals surface area contributed by atoms with E-state index in [1.807, 2.05) is 6.92 Å². The first-order valence-corrected chi connectivity index (χ1v) is 7.25. The second-order valence-electron chi connectivity index (χ2n) is 4.54. The van der Waals surface area contributed by atoms with Gasteiger partial charge in [-0.05, 0) is 19.1 Å². The summed E-state index contributed by atoms with van der Waals surface area (Å²) in [5.74, 6) is -0.176. The molecule has 6 heteroatoms. The van der Waals surface area contributed by atoms with Crippen LogP contribution >= 0.6 is 0 Å². The maximum Gasteiger partial charge on any atom is 0.296 e. The lowest BCUT2D eigenvalue weighted by atomic mass is 10.1. The van der Waals surface area contributed by atoms with E-state index in [1.54, 1.807) is 12.1 Å². The van der Waals surface area contributed by atoms with E-state index in [-0.39, 0.29) is 17.4 Å². The van der Waals surface area contributed by atoms with Gasteiger partial charge in [0.2, 0.25) is 0 Å². The first kappa shape index (κ1) is 13.5. The van der Waals surface area contributed by atoms with Crippen molar-refractivity contribution < 1.29 is 17.7 Å². The van der Waals surface area contributed by atoms with Gasteiger partial charge in [0.05, 0.1) is 17.6 Å². The molecule has 1 aromatic rings. The number of aliphatic hydroxyl groups is 1. The van der Waals surface area contributed by atoms with Crippen LogP contribution in [0.2, 0.25) is 0 Å². The minimum Gasteiger partial charge on any atom is -0.391 e. The molecule has 1 aliphatic heterocycles. The SMILES string of the molecule is Cc1ccc(S(=O)(=O)OC[C@H]2CNC[C@@H]2O)cc1. The highest BCUT2D eigenvalue weighted by atomic mass is 32.2. The topological polar surface area (TPSA) is 75.6 Å². The van der Waals surface area contributed by atoms with Crippen molar-refractivity contribution >= 4 is 10.1 Å². The van der Waals surface area contributed by atoms with E-state index in [2.05, 4.69) is 5.32 Å². The Labute approximate surface area is 107 Å². The molecule has 0 saturated carbocycles. The Morgan fingerprint density at radius 3 is 2.56 bits per heavy atom. The molecule has 5 nitrogen and oxygen atoms in total. The van der Waals surface area contributed by atoms with Crippen LogP contribution in [0.5, 0.6) is 0 Å². The van der Waals surface area contributed by atoms with Gasteiger partial charge in [-0.1, -0.05) is 17.7 Å². The molecule has 1 aliphatic rings. The second kappa shape index (κ2) is 5.36. The Morgan fingerprint density at radius 1 is 1.33 bits per heavy atom. The molecule has 100 valence electrons. The molecule has 0 aliphatic carbocycles. The number of hydrogen-bond acceptors (Lipinski definition) is 5. The van der Waals surface area contributed by atoms with Gasteiger partial charge in [0.1, 0.15) is 0 Å². The molecule has 2 N–H and O–H groups in total. The van der Waals surface area contributed by atoms with E-state index in [1.165, 1.54) is 12.1 Å². The summed E-state index contributed by atoms with van der Waals surface area (Å²) in [7, 11) is -3.73. The molecule has 0 aromatic heterocycles. The summed E-state index contributed by atoms with van der Waals surface area (Å²) in [6, 6.07) is 6.49. The fraction of sp³-hybridized carbons (Fsp3) is 0.500. The number of aliphatic hydroxyl groups excluding tert-OH is 1. The molecule has 1 aromatic carbocycles. The van der Waals surface area contributed by atoms with Crippen molar-refractivity contribution in [1.82, 2.24) is 5.32 Å². The zero-order chi connectivity index (χ0) is 13.2. The average Bonchev–Trinajstić information content (AvgIpc) is 2.73. The van der Waals surface area contributed by atoms with Crippen LogP contribution in [0.15, 0.2) is 29.2 Å². The quantitative estimate of drug-likeness (QED) is 0.769. The van der Waals surface area contributed by atoms with Crippen LogP contribution in [0.25, 0.3) is 0 Å². The van der Waals surface area contributed by atoms with Gasteiger partial charge in [0, 0.05) is 19.0 Å². The van der Waals surface area contributed by atoms with E-state index in [0.717, 1.165) is 5.56 Å². The molecular weight excluding hydrogens is 254 g/mol. The Kier molecular flexibility index (Phi) is 4.01. The third-order valence-electron chi connectivity index (χ3n) is 3.05. The molecule has 0 unspecified atom stereocenters. The van der Waals surface area contributed by atoms with E-state index in [0.29, 0.717) is 13.1 Å². The normalized spacial score (nSPS) is 24.3. The summed E-state index contributed by atoms with van der Waals surface area (Å²) in [4.78, 5) is 0.147. The number of nitrogens with one attached hydrogen (secondary N) is 1. The number of benzene rings is 1. The van der Waals surface area contributed by atoms with Gasteiger partial charge in [0.25, 0.3) is 10.1 Å². The smallest absolute Gasteiger partial charge is 0.296 e. The Morgan fingerprint density at radius 2 is 2.00 bits per heavy atom. The average molecular weight is 271 g/mol. The zero-order valence-electron chi connectivity index (χ0n) is 10.2. The summed E-state index contributed by atoms with van der Waals surface area (Å²) in [5, 5.41) is 12.5. The molecule has 0 radical (unpaired) electrons. The Bertz CT molecular complexity index is 497. The molecular formula is C12H17NO4S. The Balaban J connectivity index is 2.01. The number of aryl methyl sites for hydroxylation is 1. The summed E-state index contributed by atoms with van der Waals surface area (Å²) in [5.41, 5.74) is 0.990. The van der Waals surface area contributed by atoms with Crippen LogP contribution in [0.4, 0.5) is 0 Å². The number of hydrogen-bond donors (Lipinski definition) is 2. The van der Waals surface area contributed by atoms with Crippen molar-refractivity contribution in [3.8, 4) is 0 Å². The summed E-state index contributed by atoms with van der Waals surface area (Å²) >= 11 is 0. The predicted octanol–water partition coefficient (Wildman–Crippen LogP) is 0.281. The molecule has 1 fully saturated rings. The van der Waals surface area contributed by atoms with Crippen LogP contribution in [0.3, 0.4) is 0 Å². The van der Waals surface area contributed by atoms with Crippen LogP contribution in [-0.4, -0.2) is 39.3 Å². The first-order chi connectivity index (χ1) is 8.49.